The minimum atomic E-state index is 0.560. The van der Waals surface area contributed by atoms with Crippen molar-refractivity contribution in [2.45, 2.75) is 11.3 Å². The van der Waals surface area contributed by atoms with E-state index in [-0.39, 0.29) is 0 Å². The molecule has 1 aromatic rings. The van der Waals surface area contributed by atoms with Gasteiger partial charge in [0.1, 0.15) is 0 Å². The summed E-state index contributed by atoms with van der Waals surface area (Å²) < 4.78 is 1.09. The van der Waals surface area contributed by atoms with Crippen LogP contribution < -0.4 is 5.90 Å². The SMILES string of the molecule is CSc1ccc(Br)cc1CCON. The summed E-state index contributed by atoms with van der Waals surface area (Å²) in [5.41, 5.74) is 1.27. The molecule has 0 bridgehead atoms. The first-order chi connectivity index (χ1) is 6.27. The molecule has 0 radical (unpaired) electrons. The molecule has 0 saturated heterocycles. The van der Waals surface area contributed by atoms with Crippen LogP contribution in [0.25, 0.3) is 0 Å². The summed E-state index contributed by atoms with van der Waals surface area (Å²) in [7, 11) is 0. The Hall–Kier alpha value is -0.0300. The molecule has 72 valence electrons. The Bertz CT molecular complexity index is 280. The van der Waals surface area contributed by atoms with Crippen molar-refractivity contribution < 1.29 is 4.84 Å². The number of benzene rings is 1. The van der Waals surface area contributed by atoms with Crippen LogP contribution in [0, 0.1) is 0 Å². The van der Waals surface area contributed by atoms with Crippen LogP contribution in [0.3, 0.4) is 0 Å². The summed E-state index contributed by atoms with van der Waals surface area (Å²) in [4.78, 5) is 5.84. The maximum absolute atomic E-state index is 4.99. The molecule has 0 aromatic heterocycles. The normalized spacial score (nSPS) is 10.4. The maximum Gasteiger partial charge on any atom is 0.0720 e. The van der Waals surface area contributed by atoms with Crippen LogP contribution in [0.5, 0.6) is 0 Å². The predicted octanol–water partition coefficient (Wildman–Crippen LogP) is 2.60. The predicted molar refractivity (Wildman–Crippen MR) is 59.8 cm³/mol. The maximum atomic E-state index is 4.99. The van der Waals surface area contributed by atoms with Gasteiger partial charge in [0, 0.05) is 9.37 Å². The van der Waals surface area contributed by atoms with E-state index in [0.29, 0.717) is 6.61 Å². The Morgan fingerprint density at radius 3 is 2.92 bits per heavy atom. The van der Waals surface area contributed by atoms with Gasteiger partial charge in [-0.2, -0.15) is 0 Å². The van der Waals surface area contributed by atoms with E-state index in [4.69, 9.17) is 5.90 Å². The summed E-state index contributed by atoms with van der Waals surface area (Å²) in [6.45, 7) is 0.560. The molecule has 0 aliphatic carbocycles. The number of hydrogen-bond donors (Lipinski definition) is 1. The van der Waals surface area contributed by atoms with Crippen LogP contribution in [0.15, 0.2) is 27.6 Å². The first-order valence-electron chi connectivity index (χ1n) is 3.92. The van der Waals surface area contributed by atoms with Crippen molar-refractivity contribution in [3.05, 3.63) is 28.2 Å². The average molecular weight is 262 g/mol. The fourth-order valence-electron chi connectivity index (χ4n) is 1.11. The quantitative estimate of drug-likeness (QED) is 0.669. The van der Waals surface area contributed by atoms with E-state index in [9.17, 15) is 0 Å². The Morgan fingerprint density at radius 2 is 2.31 bits per heavy atom. The fraction of sp³-hybridized carbons (Fsp3) is 0.333. The second-order valence-corrected chi connectivity index (χ2v) is 4.34. The van der Waals surface area contributed by atoms with Gasteiger partial charge in [0.25, 0.3) is 0 Å². The largest absolute Gasteiger partial charge is 0.304 e. The lowest BCUT2D eigenvalue weighted by Crippen LogP contribution is -2.04. The Labute approximate surface area is 90.9 Å². The van der Waals surface area contributed by atoms with E-state index < -0.39 is 0 Å². The molecule has 0 amide bonds. The molecule has 0 aliphatic rings. The van der Waals surface area contributed by atoms with Crippen LogP contribution in [0.1, 0.15) is 5.56 Å². The van der Waals surface area contributed by atoms with Gasteiger partial charge in [-0.25, -0.2) is 5.90 Å². The van der Waals surface area contributed by atoms with E-state index in [2.05, 4.69) is 39.2 Å². The zero-order chi connectivity index (χ0) is 9.68. The number of rotatable bonds is 4. The van der Waals surface area contributed by atoms with Crippen molar-refractivity contribution in [2.24, 2.45) is 5.90 Å². The molecule has 1 aromatic carbocycles. The highest BCUT2D eigenvalue weighted by Gasteiger charge is 2.01. The van der Waals surface area contributed by atoms with Gasteiger partial charge in [0.2, 0.25) is 0 Å². The molecule has 0 spiro atoms. The molecule has 0 heterocycles. The third-order valence-electron chi connectivity index (χ3n) is 1.73. The van der Waals surface area contributed by atoms with E-state index in [1.807, 2.05) is 6.07 Å². The lowest BCUT2D eigenvalue weighted by atomic mass is 10.2. The van der Waals surface area contributed by atoms with E-state index in [0.717, 1.165) is 10.9 Å². The van der Waals surface area contributed by atoms with E-state index >= 15 is 0 Å². The zero-order valence-electron chi connectivity index (χ0n) is 7.42. The number of thioether (sulfide) groups is 1. The highest BCUT2D eigenvalue weighted by Crippen LogP contribution is 2.24. The van der Waals surface area contributed by atoms with E-state index in [1.165, 1.54) is 10.5 Å². The van der Waals surface area contributed by atoms with Gasteiger partial charge in [0.15, 0.2) is 0 Å². The molecule has 0 unspecified atom stereocenters. The summed E-state index contributed by atoms with van der Waals surface area (Å²) in [6, 6.07) is 6.24. The van der Waals surface area contributed by atoms with Crippen molar-refractivity contribution >= 4 is 27.7 Å². The molecule has 13 heavy (non-hydrogen) atoms. The Balaban J connectivity index is 2.81. The molecular formula is C9H12BrNOS. The third kappa shape index (κ3) is 3.31. The monoisotopic (exact) mass is 261 g/mol. The van der Waals surface area contributed by atoms with Crippen LogP contribution in [-0.2, 0) is 11.3 Å². The summed E-state index contributed by atoms with van der Waals surface area (Å²) in [5, 5.41) is 0. The average Bonchev–Trinajstić information content (AvgIpc) is 2.15. The highest BCUT2D eigenvalue weighted by molar-refractivity contribution is 9.10. The van der Waals surface area contributed by atoms with Crippen LogP contribution in [0.4, 0.5) is 0 Å². The second-order valence-electron chi connectivity index (χ2n) is 2.58. The molecule has 0 saturated carbocycles. The van der Waals surface area contributed by atoms with Crippen molar-refractivity contribution in [3.63, 3.8) is 0 Å². The molecule has 0 aliphatic heterocycles. The lowest BCUT2D eigenvalue weighted by molar-refractivity contribution is 0.141. The minimum Gasteiger partial charge on any atom is -0.304 e. The highest BCUT2D eigenvalue weighted by atomic mass is 79.9. The standard InChI is InChI=1S/C9H12BrNOS/c1-13-9-3-2-8(10)6-7(9)4-5-12-11/h2-3,6H,4-5,11H2,1H3. The van der Waals surface area contributed by atoms with Crippen molar-refractivity contribution in [3.8, 4) is 0 Å². The van der Waals surface area contributed by atoms with Crippen molar-refractivity contribution in [2.75, 3.05) is 12.9 Å². The topological polar surface area (TPSA) is 35.2 Å². The van der Waals surface area contributed by atoms with Crippen LogP contribution in [0.2, 0.25) is 0 Å². The first kappa shape index (κ1) is 11.0. The molecule has 2 nitrogen and oxygen atoms in total. The molecule has 0 fully saturated rings. The molecule has 2 N–H and O–H groups in total. The molecule has 0 atom stereocenters. The van der Waals surface area contributed by atoms with Gasteiger partial charge in [-0.3, -0.25) is 0 Å². The molecule has 4 heteroatoms. The zero-order valence-corrected chi connectivity index (χ0v) is 9.82. The van der Waals surface area contributed by atoms with E-state index in [1.54, 1.807) is 11.8 Å². The number of hydrogen-bond acceptors (Lipinski definition) is 3. The van der Waals surface area contributed by atoms with Gasteiger partial charge in [-0.05, 0) is 36.4 Å². The lowest BCUT2D eigenvalue weighted by Gasteiger charge is -2.06. The number of halogens is 1. The smallest absolute Gasteiger partial charge is 0.0720 e. The van der Waals surface area contributed by atoms with Crippen molar-refractivity contribution in [1.82, 2.24) is 0 Å². The van der Waals surface area contributed by atoms with Gasteiger partial charge in [0.05, 0.1) is 6.61 Å². The minimum absolute atomic E-state index is 0.560. The van der Waals surface area contributed by atoms with Gasteiger partial charge in [-0.1, -0.05) is 15.9 Å². The van der Waals surface area contributed by atoms with Crippen LogP contribution >= 0.6 is 27.7 Å². The Morgan fingerprint density at radius 1 is 1.54 bits per heavy atom. The third-order valence-corrected chi connectivity index (χ3v) is 3.06. The molecular weight excluding hydrogens is 250 g/mol. The van der Waals surface area contributed by atoms with Gasteiger partial charge < -0.3 is 4.84 Å². The summed E-state index contributed by atoms with van der Waals surface area (Å²) in [5.74, 6) is 4.99. The summed E-state index contributed by atoms with van der Waals surface area (Å²) >= 11 is 5.17. The fourth-order valence-corrected chi connectivity index (χ4v) is 2.15. The Kier molecular flexibility index (Phi) is 4.80. The number of nitrogens with two attached hydrogens (primary N) is 1. The van der Waals surface area contributed by atoms with Crippen LogP contribution in [-0.4, -0.2) is 12.9 Å². The summed E-state index contributed by atoms with van der Waals surface area (Å²) in [6.07, 6.45) is 2.92. The first-order valence-corrected chi connectivity index (χ1v) is 5.94. The van der Waals surface area contributed by atoms with Gasteiger partial charge >= 0.3 is 0 Å². The van der Waals surface area contributed by atoms with Gasteiger partial charge in [-0.15, -0.1) is 11.8 Å². The molecule has 1 rings (SSSR count). The second kappa shape index (κ2) is 5.65. The van der Waals surface area contributed by atoms with Crippen molar-refractivity contribution in [1.29, 1.82) is 0 Å².